The molecule has 0 aliphatic carbocycles. The smallest absolute Gasteiger partial charge is 0.363 e. The van der Waals surface area contributed by atoms with Gasteiger partial charge in [0.05, 0.1) is 22.7 Å². The largest absolute Gasteiger partial charge is 0.490 e. The number of fused-ring (bicyclic) bond motifs is 1. The van der Waals surface area contributed by atoms with Crippen LogP contribution in [-0.4, -0.2) is 47.4 Å². The monoisotopic (exact) mass is 396 g/mol. The average molecular weight is 396 g/mol. The highest BCUT2D eigenvalue weighted by atomic mass is 16.7. The maximum absolute atomic E-state index is 12.4. The van der Waals surface area contributed by atoms with Crippen molar-refractivity contribution in [3.63, 3.8) is 0 Å². The van der Waals surface area contributed by atoms with Crippen LogP contribution in [0.2, 0.25) is 0 Å². The molecule has 2 aromatic carbocycles. The molecule has 1 unspecified atom stereocenters. The van der Waals surface area contributed by atoms with Crippen LogP contribution in [-0.2, 0) is 0 Å². The molecule has 7 heteroatoms. The Labute approximate surface area is 168 Å². The number of aldehydes is 1. The Morgan fingerprint density at radius 2 is 1.93 bits per heavy atom. The van der Waals surface area contributed by atoms with Crippen molar-refractivity contribution in [3.8, 4) is 5.75 Å². The SMILES string of the molecule is CC(C)NCC(O)COc1cccc2c1c(C=O)cn2OC(=O)c1ccccc1. The van der Waals surface area contributed by atoms with E-state index < -0.39 is 12.1 Å². The lowest BCUT2D eigenvalue weighted by Gasteiger charge is -2.15. The molecule has 0 aliphatic rings. The number of aliphatic hydroxyl groups excluding tert-OH is 1. The van der Waals surface area contributed by atoms with Gasteiger partial charge in [0.1, 0.15) is 18.5 Å². The number of nitrogens with one attached hydrogen (secondary N) is 1. The summed E-state index contributed by atoms with van der Waals surface area (Å²) >= 11 is 0. The molecule has 3 aromatic rings. The number of benzene rings is 2. The summed E-state index contributed by atoms with van der Waals surface area (Å²) in [7, 11) is 0. The second-order valence-electron chi connectivity index (χ2n) is 6.95. The van der Waals surface area contributed by atoms with Crippen LogP contribution in [0, 0.1) is 0 Å². The van der Waals surface area contributed by atoms with Gasteiger partial charge in [-0.05, 0) is 24.3 Å². The number of aliphatic hydroxyl groups is 1. The summed E-state index contributed by atoms with van der Waals surface area (Å²) in [4.78, 5) is 29.4. The van der Waals surface area contributed by atoms with Gasteiger partial charge in [-0.25, -0.2) is 4.79 Å². The zero-order valence-corrected chi connectivity index (χ0v) is 16.4. The minimum atomic E-state index is -0.703. The third-order valence-electron chi connectivity index (χ3n) is 4.30. The number of rotatable bonds is 9. The van der Waals surface area contributed by atoms with Gasteiger partial charge in [-0.3, -0.25) is 4.79 Å². The zero-order chi connectivity index (χ0) is 20.8. The highest BCUT2D eigenvalue weighted by Crippen LogP contribution is 2.29. The number of hydrogen-bond donors (Lipinski definition) is 2. The van der Waals surface area contributed by atoms with Crippen LogP contribution < -0.4 is 14.9 Å². The van der Waals surface area contributed by atoms with Gasteiger partial charge < -0.3 is 20.0 Å². The summed E-state index contributed by atoms with van der Waals surface area (Å²) in [5.41, 5.74) is 1.24. The van der Waals surface area contributed by atoms with Crippen LogP contribution in [0.3, 0.4) is 0 Å². The van der Waals surface area contributed by atoms with Gasteiger partial charge >= 0.3 is 5.97 Å². The van der Waals surface area contributed by atoms with Gasteiger partial charge in [0.2, 0.25) is 0 Å². The maximum Gasteiger partial charge on any atom is 0.363 e. The molecule has 3 rings (SSSR count). The lowest BCUT2D eigenvalue weighted by atomic mass is 10.1. The second kappa shape index (κ2) is 9.36. The Kier molecular flexibility index (Phi) is 6.64. The van der Waals surface area contributed by atoms with E-state index in [0.717, 1.165) is 0 Å². The normalized spacial score (nSPS) is 12.1. The lowest BCUT2D eigenvalue weighted by molar-refractivity contribution is 0.0481. The fraction of sp³-hybridized carbons (Fsp3) is 0.273. The van der Waals surface area contributed by atoms with Crippen molar-refractivity contribution in [3.05, 3.63) is 65.9 Å². The minimum Gasteiger partial charge on any atom is -0.490 e. The first-order chi connectivity index (χ1) is 14.0. The summed E-state index contributed by atoms with van der Waals surface area (Å²) in [6.45, 7) is 4.43. The first kappa shape index (κ1) is 20.6. The number of aromatic nitrogens is 1. The Bertz CT molecular complexity index is 982. The highest BCUT2D eigenvalue weighted by Gasteiger charge is 2.17. The predicted octanol–water partition coefficient (Wildman–Crippen LogP) is 2.46. The molecule has 0 bridgehead atoms. The molecule has 0 fully saturated rings. The van der Waals surface area contributed by atoms with E-state index in [-0.39, 0.29) is 12.6 Å². The second-order valence-corrected chi connectivity index (χ2v) is 6.95. The van der Waals surface area contributed by atoms with Gasteiger partial charge in [0, 0.05) is 18.2 Å². The van der Waals surface area contributed by atoms with Gasteiger partial charge in [-0.2, -0.15) is 4.73 Å². The molecule has 1 atom stereocenters. The van der Waals surface area contributed by atoms with Crippen molar-refractivity contribution in [2.24, 2.45) is 0 Å². The Morgan fingerprint density at radius 3 is 2.62 bits per heavy atom. The van der Waals surface area contributed by atoms with Gasteiger partial charge in [0.15, 0.2) is 6.29 Å². The summed E-state index contributed by atoms with van der Waals surface area (Å²) in [6, 6.07) is 14.0. The van der Waals surface area contributed by atoms with E-state index >= 15 is 0 Å². The van der Waals surface area contributed by atoms with Crippen LogP contribution in [0.1, 0.15) is 34.6 Å². The van der Waals surface area contributed by atoms with Crippen LogP contribution in [0.5, 0.6) is 5.75 Å². The number of carbonyl (C=O) groups is 2. The molecule has 152 valence electrons. The van der Waals surface area contributed by atoms with Crippen molar-refractivity contribution < 1.29 is 24.3 Å². The summed E-state index contributed by atoms with van der Waals surface area (Å²) in [5, 5.41) is 13.7. The molecule has 0 spiro atoms. The summed E-state index contributed by atoms with van der Waals surface area (Å²) in [6.07, 6.45) is 1.42. The molecule has 0 amide bonds. The van der Waals surface area contributed by atoms with E-state index in [4.69, 9.17) is 9.57 Å². The highest BCUT2D eigenvalue weighted by molar-refractivity contribution is 6.01. The molecule has 1 aromatic heterocycles. The number of hydrogen-bond acceptors (Lipinski definition) is 6. The van der Waals surface area contributed by atoms with Crippen molar-refractivity contribution in [2.45, 2.75) is 26.0 Å². The van der Waals surface area contributed by atoms with E-state index in [1.165, 1.54) is 10.9 Å². The molecule has 0 saturated heterocycles. The van der Waals surface area contributed by atoms with E-state index in [2.05, 4.69) is 5.32 Å². The van der Waals surface area contributed by atoms with Crippen LogP contribution in [0.15, 0.2) is 54.7 Å². The predicted molar refractivity (Wildman–Crippen MR) is 109 cm³/mol. The maximum atomic E-state index is 12.4. The third kappa shape index (κ3) is 5.01. The molecule has 0 radical (unpaired) electrons. The standard InChI is InChI=1S/C22H24N2O5/c1-15(2)23-11-18(26)14-28-20-10-6-9-19-21(20)17(13-25)12-24(19)29-22(27)16-7-4-3-5-8-16/h3-10,12-13,15,18,23,26H,11,14H2,1-2H3. The first-order valence-electron chi connectivity index (χ1n) is 9.40. The van der Waals surface area contributed by atoms with Crippen molar-refractivity contribution >= 4 is 23.2 Å². The fourth-order valence-electron chi connectivity index (χ4n) is 2.87. The minimum absolute atomic E-state index is 0.0616. The van der Waals surface area contributed by atoms with Crippen LogP contribution >= 0.6 is 0 Å². The summed E-state index contributed by atoms with van der Waals surface area (Å²) < 4.78 is 7.02. The van der Waals surface area contributed by atoms with E-state index in [9.17, 15) is 14.7 Å². The number of carbonyl (C=O) groups excluding carboxylic acids is 2. The molecular weight excluding hydrogens is 372 g/mol. The topological polar surface area (TPSA) is 89.8 Å². The van der Waals surface area contributed by atoms with Crippen molar-refractivity contribution in [1.29, 1.82) is 0 Å². The van der Waals surface area contributed by atoms with Crippen molar-refractivity contribution in [1.82, 2.24) is 10.0 Å². The molecular formula is C22H24N2O5. The zero-order valence-electron chi connectivity index (χ0n) is 16.4. The molecule has 0 saturated carbocycles. The Hall–Kier alpha value is -3.16. The van der Waals surface area contributed by atoms with E-state index in [0.29, 0.717) is 40.6 Å². The molecule has 2 N–H and O–H groups in total. The summed E-state index contributed by atoms with van der Waals surface area (Å²) in [5.74, 6) is -0.107. The van der Waals surface area contributed by atoms with Crippen molar-refractivity contribution in [2.75, 3.05) is 13.2 Å². The third-order valence-corrected chi connectivity index (χ3v) is 4.30. The van der Waals surface area contributed by atoms with Gasteiger partial charge in [-0.1, -0.05) is 38.1 Å². The van der Waals surface area contributed by atoms with Crippen LogP contribution in [0.25, 0.3) is 10.9 Å². The molecule has 7 nitrogen and oxygen atoms in total. The van der Waals surface area contributed by atoms with Gasteiger partial charge in [-0.15, -0.1) is 0 Å². The Balaban J connectivity index is 1.82. The molecule has 29 heavy (non-hydrogen) atoms. The number of nitrogens with zero attached hydrogens (tertiary/aromatic N) is 1. The quantitative estimate of drug-likeness (QED) is 0.540. The first-order valence-corrected chi connectivity index (χ1v) is 9.40. The molecule has 0 aliphatic heterocycles. The Morgan fingerprint density at radius 1 is 1.17 bits per heavy atom. The fourth-order valence-corrected chi connectivity index (χ4v) is 2.87. The lowest BCUT2D eigenvalue weighted by Crippen LogP contribution is -2.35. The number of ether oxygens (including phenoxy) is 1. The van der Waals surface area contributed by atoms with Crippen LogP contribution in [0.4, 0.5) is 0 Å². The van der Waals surface area contributed by atoms with Gasteiger partial charge in [0.25, 0.3) is 0 Å². The van der Waals surface area contributed by atoms with E-state index in [1.54, 1.807) is 48.5 Å². The average Bonchev–Trinajstić information content (AvgIpc) is 3.09. The van der Waals surface area contributed by atoms with E-state index in [1.807, 2.05) is 13.8 Å². The molecule has 1 heterocycles.